The Labute approximate surface area is 89.6 Å². The van der Waals surface area contributed by atoms with Gasteiger partial charge >= 0.3 is 0 Å². The minimum absolute atomic E-state index is 0.421. The second-order valence-corrected chi connectivity index (χ2v) is 3.90. The van der Waals surface area contributed by atoms with Gasteiger partial charge in [-0.25, -0.2) is 0 Å². The number of aliphatic hydroxyl groups is 3. The molecule has 0 saturated carbocycles. The molecule has 3 unspecified atom stereocenters. The van der Waals surface area contributed by atoms with Crippen LogP contribution >= 0.6 is 0 Å². The summed E-state index contributed by atoms with van der Waals surface area (Å²) in [5.74, 6) is 0. The fraction of sp³-hybridized carbons (Fsp3) is 1.00. The molecule has 0 aliphatic carbocycles. The van der Waals surface area contributed by atoms with Gasteiger partial charge in [-0.2, -0.15) is 0 Å². The molecule has 0 aromatic rings. The summed E-state index contributed by atoms with van der Waals surface area (Å²) in [6.07, 6.45) is -2.82. The Morgan fingerprint density at radius 1 is 1.20 bits per heavy atom. The normalized spacial score (nSPS) is 41.8. The zero-order valence-corrected chi connectivity index (χ0v) is 9.17. The van der Waals surface area contributed by atoms with Crippen LogP contribution in [0.15, 0.2) is 0 Å². The van der Waals surface area contributed by atoms with Gasteiger partial charge in [0, 0.05) is 6.61 Å². The quantitative estimate of drug-likeness (QED) is 0.563. The van der Waals surface area contributed by atoms with Gasteiger partial charge in [-0.15, -0.1) is 0 Å². The summed E-state index contributed by atoms with van der Waals surface area (Å²) in [7, 11) is 0. The van der Waals surface area contributed by atoms with Crippen molar-refractivity contribution in [1.82, 2.24) is 0 Å². The van der Waals surface area contributed by atoms with E-state index in [1.54, 1.807) is 6.92 Å². The summed E-state index contributed by atoms with van der Waals surface area (Å²) >= 11 is 0. The molecule has 90 valence electrons. The molecule has 1 heterocycles. The van der Waals surface area contributed by atoms with Crippen LogP contribution < -0.4 is 0 Å². The molecular formula is C10H20O5. The second-order valence-electron chi connectivity index (χ2n) is 3.90. The average Bonchev–Trinajstić information content (AvgIpc) is 2.20. The molecule has 1 aliphatic heterocycles. The first-order chi connectivity index (χ1) is 7.07. The van der Waals surface area contributed by atoms with Gasteiger partial charge in [0.25, 0.3) is 0 Å². The van der Waals surface area contributed by atoms with Crippen molar-refractivity contribution in [2.75, 3.05) is 6.61 Å². The third kappa shape index (κ3) is 3.12. The number of hydrogen-bond acceptors (Lipinski definition) is 5. The van der Waals surface area contributed by atoms with E-state index < -0.39 is 30.7 Å². The Morgan fingerprint density at radius 3 is 2.47 bits per heavy atom. The lowest BCUT2D eigenvalue weighted by molar-refractivity contribution is -0.285. The number of hydrogen-bond donors (Lipinski definition) is 3. The summed E-state index contributed by atoms with van der Waals surface area (Å²) in [4.78, 5) is 0. The van der Waals surface area contributed by atoms with E-state index >= 15 is 0 Å². The number of aliphatic hydroxyl groups excluding tert-OH is 3. The summed E-state index contributed by atoms with van der Waals surface area (Å²) in [5, 5.41) is 28.3. The van der Waals surface area contributed by atoms with Crippen molar-refractivity contribution in [3.8, 4) is 0 Å². The maximum atomic E-state index is 9.66. The summed E-state index contributed by atoms with van der Waals surface area (Å²) in [6, 6.07) is 0. The fourth-order valence-electron chi connectivity index (χ4n) is 1.62. The highest BCUT2D eigenvalue weighted by atomic mass is 16.6. The molecule has 0 amide bonds. The molecule has 1 fully saturated rings. The molecule has 5 heteroatoms. The fourth-order valence-corrected chi connectivity index (χ4v) is 1.62. The lowest BCUT2D eigenvalue weighted by Crippen LogP contribution is -2.57. The predicted octanol–water partition coefficient (Wildman–Crippen LogP) is -0.369. The second kappa shape index (κ2) is 5.77. The Kier molecular flexibility index (Phi) is 4.95. The van der Waals surface area contributed by atoms with Crippen LogP contribution in [-0.4, -0.2) is 52.6 Å². The summed E-state index contributed by atoms with van der Waals surface area (Å²) in [5.41, 5.74) is 0. The van der Waals surface area contributed by atoms with Crippen LogP contribution in [0.3, 0.4) is 0 Å². The summed E-state index contributed by atoms with van der Waals surface area (Å²) in [6.45, 7) is 4.27. The highest BCUT2D eigenvalue weighted by molar-refractivity contribution is 4.87. The van der Waals surface area contributed by atoms with Gasteiger partial charge < -0.3 is 24.8 Å². The topological polar surface area (TPSA) is 79.2 Å². The minimum Gasteiger partial charge on any atom is -0.387 e. The van der Waals surface area contributed by atoms with Crippen molar-refractivity contribution < 1.29 is 24.8 Å². The largest absolute Gasteiger partial charge is 0.387 e. The van der Waals surface area contributed by atoms with Gasteiger partial charge in [0.2, 0.25) is 0 Å². The van der Waals surface area contributed by atoms with Gasteiger partial charge in [-0.1, -0.05) is 13.3 Å². The van der Waals surface area contributed by atoms with Crippen molar-refractivity contribution in [2.24, 2.45) is 0 Å². The van der Waals surface area contributed by atoms with E-state index in [0.29, 0.717) is 6.61 Å². The van der Waals surface area contributed by atoms with E-state index in [9.17, 15) is 15.3 Å². The molecule has 1 aliphatic rings. The molecule has 3 N–H and O–H groups in total. The molecule has 0 spiro atoms. The third-order valence-corrected chi connectivity index (χ3v) is 2.60. The Morgan fingerprint density at radius 2 is 1.87 bits per heavy atom. The first kappa shape index (κ1) is 12.9. The lowest BCUT2D eigenvalue weighted by atomic mass is 10.00. The molecular weight excluding hydrogens is 200 g/mol. The number of ether oxygens (including phenoxy) is 2. The van der Waals surface area contributed by atoms with Crippen molar-refractivity contribution in [2.45, 2.75) is 57.4 Å². The van der Waals surface area contributed by atoms with Crippen LogP contribution in [0.2, 0.25) is 0 Å². The smallest absolute Gasteiger partial charge is 0.183 e. The van der Waals surface area contributed by atoms with E-state index in [0.717, 1.165) is 12.8 Å². The Hall–Kier alpha value is -0.200. The predicted molar refractivity (Wildman–Crippen MR) is 53.2 cm³/mol. The highest BCUT2D eigenvalue weighted by Gasteiger charge is 2.42. The van der Waals surface area contributed by atoms with E-state index in [-0.39, 0.29) is 0 Å². The van der Waals surface area contributed by atoms with Crippen LogP contribution in [0, 0.1) is 0 Å². The van der Waals surface area contributed by atoms with Gasteiger partial charge in [0.15, 0.2) is 6.29 Å². The highest BCUT2D eigenvalue weighted by Crippen LogP contribution is 2.22. The van der Waals surface area contributed by atoms with Crippen molar-refractivity contribution in [1.29, 1.82) is 0 Å². The maximum Gasteiger partial charge on any atom is 0.183 e. The molecule has 1 saturated heterocycles. The average molecular weight is 220 g/mol. The zero-order chi connectivity index (χ0) is 11.4. The van der Waals surface area contributed by atoms with Gasteiger partial charge in [0.05, 0.1) is 6.10 Å². The SMILES string of the molecule is CCCCO[C@H]1C(C)O[C@@H](O)C(O)C1O. The van der Waals surface area contributed by atoms with Gasteiger partial charge in [-0.3, -0.25) is 0 Å². The zero-order valence-electron chi connectivity index (χ0n) is 9.17. The third-order valence-electron chi connectivity index (χ3n) is 2.60. The van der Waals surface area contributed by atoms with Gasteiger partial charge in [0.1, 0.15) is 18.3 Å². The number of unbranched alkanes of at least 4 members (excludes halogenated alkanes) is 1. The van der Waals surface area contributed by atoms with Crippen LogP contribution in [0.5, 0.6) is 0 Å². The monoisotopic (exact) mass is 220 g/mol. The Balaban J connectivity index is 2.46. The molecule has 5 atom stereocenters. The molecule has 0 radical (unpaired) electrons. The van der Waals surface area contributed by atoms with Gasteiger partial charge in [-0.05, 0) is 13.3 Å². The first-order valence-electron chi connectivity index (χ1n) is 5.39. The van der Waals surface area contributed by atoms with Crippen LogP contribution in [-0.2, 0) is 9.47 Å². The first-order valence-corrected chi connectivity index (χ1v) is 5.39. The molecule has 1 rings (SSSR count). The molecule has 15 heavy (non-hydrogen) atoms. The van der Waals surface area contributed by atoms with Crippen LogP contribution in [0.4, 0.5) is 0 Å². The molecule has 0 aromatic heterocycles. The number of rotatable bonds is 4. The lowest BCUT2D eigenvalue weighted by Gasteiger charge is -2.39. The standard InChI is InChI=1S/C10H20O5/c1-3-4-5-14-9-6(2)15-10(13)8(12)7(9)11/h6-13H,3-5H2,1-2H3/t6?,7?,8?,9-,10+/m0/s1. The summed E-state index contributed by atoms with van der Waals surface area (Å²) < 4.78 is 10.5. The van der Waals surface area contributed by atoms with E-state index in [1.807, 2.05) is 6.92 Å². The van der Waals surface area contributed by atoms with E-state index in [2.05, 4.69) is 0 Å². The maximum absolute atomic E-state index is 9.66. The van der Waals surface area contributed by atoms with Crippen molar-refractivity contribution in [3.63, 3.8) is 0 Å². The van der Waals surface area contributed by atoms with E-state index in [4.69, 9.17) is 9.47 Å². The molecule has 5 nitrogen and oxygen atoms in total. The van der Waals surface area contributed by atoms with Crippen LogP contribution in [0.25, 0.3) is 0 Å². The van der Waals surface area contributed by atoms with Crippen molar-refractivity contribution >= 4 is 0 Å². The molecule has 0 bridgehead atoms. The molecule has 0 aromatic carbocycles. The van der Waals surface area contributed by atoms with Crippen LogP contribution in [0.1, 0.15) is 26.7 Å². The van der Waals surface area contributed by atoms with E-state index in [1.165, 1.54) is 0 Å². The minimum atomic E-state index is -1.33. The Bertz CT molecular complexity index is 187. The van der Waals surface area contributed by atoms with Crippen molar-refractivity contribution in [3.05, 3.63) is 0 Å².